The molecule has 0 spiro atoms. The van der Waals surface area contributed by atoms with Crippen LogP contribution >= 0.6 is 11.6 Å². The average molecular weight is 431 g/mol. The number of halogens is 1. The van der Waals surface area contributed by atoms with Crippen LogP contribution in [0.1, 0.15) is 38.3 Å². The molecule has 6 heteroatoms. The molecule has 1 atom stereocenters. The third-order valence-corrected chi connectivity index (χ3v) is 5.18. The molecule has 0 aromatic heterocycles. The summed E-state index contributed by atoms with van der Waals surface area (Å²) < 4.78 is 5.76. The summed E-state index contributed by atoms with van der Waals surface area (Å²) >= 11 is 6.33. The van der Waals surface area contributed by atoms with Crippen molar-refractivity contribution in [1.29, 1.82) is 0 Å². The maximum absolute atomic E-state index is 13.2. The van der Waals surface area contributed by atoms with E-state index in [1.165, 1.54) is 0 Å². The fourth-order valence-electron chi connectivity index (χ4n) is 3.09. The van der Waals surface area contributed by atoms with E-state index >= 15 is 0 Å². The van der Waals surface area contributed by atoms with Crippen LogP contribution in [0, 0.1) is 12.8 Å². The van der Waals surface area contributed by atoms with E-state index in [0.717, 1.165) is 11.1 Å². The van der Waals surface area contributed by atoms with Gasteiger partial charge in [0.1, 0.15) is 11.8 Å². The van der Waals surface area contributed by atoms with E-state index in [9.17, 15) is 9.59 Å². The molecule has 0 heterocycles. The van der Waals surface area contributed by atoms with E-state index in [0.29, 0.717) is 29.7 Å². The molecule has 0 bridgehead atoms. The van der Waals surface area contributed by atoms with E-state index in [1.807, 2.05) is 70.2 Å². The molecule has 0 saturated heterocycles. The van der Waals surface area contributed by atoms with Crippen LogP contribution in [-0.4, -0.2) is 35.9 Å². The summed E-state index contributed by atoms with van der Waals surface area (Å²) in [6, 6.07) is 14.3. The molecular weight excluding hydrogens is 400 g/mol. The van der Waals surface area contributed by atoms with Gasteiger partial charge >= 0.3 is 0 Å². The van der Waals surface area contributed by atoms with Gasteiger partial charge in [0.15, 0.2) is 6.61 Å². The zero-order chi connectivity index (χ0) is 22.1. The van der Waals surface area contributed by atoms with E-state index in [-0.39, 0.29) is 25.0 Å². The van der Waals surface area contributed by atoms with Crippen LogP contribution in [0.15, 0.2) is 48.5 Å². The lowest BCUT2D eigenvalue weighted by atomic mass is 10.1. The number of carbonyl (C=O) groups is 2. The second-order valence-corrected chi connectivity index (χ2v) is 8.14. The van der Waals surface area contributed by atoms with Crippen LogP contribution < -0.4 is 10.1 Å². The second kappa shape index (κ2) is 11.6. The molecule has 0 saturated carbocycles. The number of carbonyl (C=O) groups excluding carboxylic acids is 2. The molecule has 30 heavy (non-hydrogen) atoms. The molecule has 0 unspecified atom stereocenters. The molecular formula is C24H31ClN2O3. The zero-order valence-electron chi connectivity index (χ0n) is 18.2. The number of rotatable bonds is 10. The first-order valence-electron chi connectivity index (χ1n) is 10.3. The molecule has 0 aliphatic rings. The van der Waals surface area contributed by atoms with Crippen LogP contribution in [0.2, 0.25) is 5.02 Å². The van der Waals surface area contributed by atoms with Crippen molar-refractivity contribution in [2.75, 3.05) is 13.2 Å². The Morgan fingerprint density at radius 2 is 1.77 bits per heavy atom. The van der Waals surface area contributed by atoms with Crippen molar-refractivity contribution in [3.8, 4) is 5.75 Å². The van der Waals surface area contributed by atoms with Crippen molar-refractivity contribution in [3.05, 3.63) is 64.7 Å². The highest BCUT2D eigenvalue weighted by molar-refractivity contribution is 6.31. The number of hydrogen-bond donors (Lipinski definition) is 1. The third kappa shape index (κ3) is 6.77. The summed E-state index contributed by atoms with van der Waals surface area (Å²) in [4.78, 5) is 27.6. The summed E-state index contributed by atoms with van der Waals surface area (Å²) in [5, 5.41) is 3.51. The lowest BCUT2D eigenvalue weighted by Gasteiger charge is -2.31. The van der Waals surface area contributed by atoms with Crippen LogP contribution in [0.25, 0.3) is 0 Å². The molecule has 5 nitrogen and oxygen atoms in total. The maximum Gasteiger partial charge on any atom is 0.261 e. The van der Waals surface area contributed by atoms with Crippen LogP contribution in [-0.2, 0) is 16.1 Å². The van der Waals surface area contributed by atoms with Crippen molar-refractivity contribution in [3.63, 3.8) is 0 Å². The molecule has 2 rings (SSSR count). The van der Waals surface area contributed by atoms with Gasteiger partial charge in [-0.25, -0.2) is 0 Å². The van der Waals surface area contributed by atoms with Gasteiger partial charge < -0.3 is 15.0 Å². The van der Waals surface area contributed by atoms with Gasteiger partial charge in [-0.05, 0) is 42.5 Å². The number of nitrogens with one attached hydrogen (secondary N) is 1. The largest absolute Gasteiger partial charge is 0.484 e. The van der Waals surface area contributed by atoms with Gasteiger partial charge in [0, 0.05) is 18.1 Å². The number of benzene rings is 2. The minimum absolute atomic E-state index is 0.150. The fourth-order valence-corrected chi connectivity index (χ4v) is 3.29. The van der Waals surface area contributed by atoms with Crippen molar-refractivity contribution in [2.45, 2.75) is 46.7 Å². The van der Waals surface area contributed by atoms with Crippen molar-refractivity contribution < 1.29 is 14.3 Å². The Bertz CT molecular complexity index is 854. The molecule has 0 aliphatic carbocycles. The molecule has 0 radical (unpaired) electrons. The number of nitrogens with zero attached hydrogens (tertiary/aromatic N) is 1. The van der Waals surface area contributed by atoms with E-state index in [2.05, 4.69) is 5.32 Å². The minimum atomic E-state index is -0.604. The Hall–Kier alpha value is -2.53. The monoisotopic (exact) mass is 430 g/mol. The summed E-state index contributed by atoms with van der Waals surface area (Å²) in [6.45, 7) is 8.54. The van der Waals surface area contributed by atoms with Gasteiger partial charge in [-0.3, -0.25) is 9.59 Å². The first-order valence-corrected chi connectivity index (χ1v) is 10.7. The van der Waals surface area contributed by atoms with E-state index < -0.39 is 6.04 Å². The summed E-state index contributed by atoms with van der Waals surface area (Å²) in [5.74, 6) is 0.552. The number of ether oxygens (including phenoxy) is 1. The third-order valence-electron chi connectivity index (χ3n) is 4.81. The molecule has 0 aliphatic heterocycles. The topological polar surface area (TPSA) is 58.6 Å². The van der Waals surface area contributed by atoms with Crippen LogP contribution in [0.3, 0.4) is 0 Å². The van der Waals surface area contributed by atoms with E-state index in [4.69, 9.17) is 16.3 Å². The highest BCUT2D eigenvalue weighted by Gasteiger charge is 2.29. The minimum Gasteiger partial charge on any atom is -0.484 e. The molecule has 2 amide bonds. The standard InChI is InChI=1S/C24H31ClN2O3/c1-5-21(24(29)26-14-17(2)3)27(15-19-11-7-8-12-20(19)25)23(28)16-30-22-13-9-6-10-18(22)4/h6-13,17,21H,5,14-16H2,1-4H3,(H,26,29)/t21-/m0/s1. The first-order chi connectivity index (χ1) is 14.3. The van der Waals surface area contributed by atoms with Gasteiger partial charge in [0.05, 0.1) is 0 Å². The number of para-hydroxylation sites is 1. The maximum atomic E-state index is 13.2. The Labute approximate surface area is 184 Å². The van der Waals surface area contributed by atoms with Gasteiger partial charge in [-0.15, -0.1) is 0 Å². The predicted molar refractivity (Wildman–Crippen MR) is 121 cm³/mol. The van der Waals surface area contributed by atoms with Crippen molar-refractivity contribution in [2.24, 2.45) is 5.92 Å². The Morgan fingerprint density at radius 3 is 2.40 bits per heavy atom. The summed E-state index contributed by atoms with van der Waals surface area (Å²) in [6.07, 6.45) is 0.491. The van der Waals surface area contributed by atoms with Crippen molar-refractivity contribution >= 4 is 23.4 Å². The van der Waals surface area contributed by atoms with Gasteiger partial charge in [-0.2, -0.15) is 0 Å². The quantitative estimate of drug-likeness (QED) is 0.598. The second-order valence-electron chi connectivity index (χ2n) is 7.73. The highest BCUT2D eigenvalue weighted by Crippen LogP contribution is 2.21. The van der Waals surface area contributed by atoms with Gasteiger partial charge in [-0.1, -0.05) is 68.8 Å². The van der Waals surface area contributed by atoms with Gasteiger partial charge in [0.25, 0.3) is 5.91 Å². The van der Waals surface area contributed by atoms with E-state index in [1.54, 1.807) is 11.0 Å². The van der Waals surface area contributed by atoms with Crippen molar-refractivity contribution in [1.82, 2.24) is 10.2 Å². The highest BCUT2D eigenvalue weighted by atomic mass is 35.5. The number of hydrogen-bond acceptors (Lipinski definition) is 3. The Morgan fingerprint density at radius 1 is 1.10 bits per heavy atom. The lowest BCUT2D eigenvalue weighted by Crippen LogP contribution is -2.50. The molecule has 0 fully saturated rings. The average Bonchev–Trinajstić information content (AvgIpc) is 2.72. The Kier molecular flexibility index (Phi) is 9.18. The molecule has 162 valence electrons. The number of amides is 2. The SMILES string of the molecule is CC[C@@H](C(=O)NCC(C)C)N(Cc1ccccc1Cl)C(=O)COc1ccccc1C. The predicted octanol–water partition coefficient (Wildman–Crippen LogP) is 4.61. The fraction of sp³-hybridized carbons (Fsp3) is 0.417. The van der Waals surface area contributed by atoms with Crippen LogP contribution in [0.5, 0.6) is 5.75 Å². The molecule has 2 aromatic rings. The molecule has 1 N–H and O–H groups in total. The summed E-state index contributed by atoms with van der Waals surface area (Å²) in [7, 11) is 0. The smallest absolute Gasteiger partial charge is 0.261 e. The van der Waals surface area contributed by atoms with Gasteiger partial charge in [0.2, 0.25) is 5.91 Å². The first kappa shape index (κ1) is 23.7. The normalized spacial score (nSPS) is 11.8. The molecule has 2 aromatic carbocycles. The van der Waals surface area contributed by atoms with Crippen LogP contribution in [0.4, 0.5) is 0 Å². The Balaban J connectivity index is 2.22. The number of aryl methyl sites for hydroxylation is 1. The lowest BCUT2D eigenvalue weighted by molar-refractivity contribution is -0.143. The summed E-state index contributed by atoms with van der Waals surface area (Å²) in [5.41, 5.74) is 1.74. The zero-order valence-corrected chi connectivity index (χ0v) is 18.9.